The van der Waals surface area contributed by atoms with Gasteiger partial charge in [0, 0.05) is 0 Å². The Kier molecular flexibility index (Phi) is 5.92. The smallest absolute Gasteiger partial charge is 0.416 e. The summed E-state index contributed by atoms with van der Waals surface area (Å²) in [5, 5.41) is 9.91. The number of ether oxygens (including phenoxy) is 1. The van der Waals surface area contributed by atoms with E-state index in [9.17, 15) is 23.1 Å². The van der Waals surface area contributed by atoms with Crippen molar-refractivity contribution in [1.82, 2.24) is 0 Å². The number of hydrogen-bond acceptors (Lipinski definition) is 5. The zero-order chi connectivity index (χ0) is 20.6. The lowest BCUT2D eigenvalue weighted by Gasteiger charge is -2.16. The third-order valence-electron chi connectivity index (χ3n) is 3.79. The largest absolute Gasteiger partial charge is 0.504 e. The maximum Gasteiger partial charge on any atom is 0.416 e. The van der Waals surface area contributed by atoms with Crippen LogP contribution in [0.25, 0.3) is 6.08 Å². The molecule has 0 atom stereocenters. The number of carbonyl (C=O) groups is 1. The number of carbonyl (C=O) groups excluding carboxylic acids is 1. The van der Waals surface area contributed by atoms with Crippen LogP contribution in [0.15, 0.2) is 41.3 Å². The zero-order valence-corrected chi connectivity index (χ0v) is 17.9. The summed E-state index contributed by atoms with van der Waals surface area (Å²) in [6.07, 6.45) is -2.97. The molecule has 3 rings (SSSR count). The third kappa shape index (κ3) is 4.13. The van der Waals surface area contributed by atoms with Crippen molar-refractivity contribution in [3.8, 4) is 11.5 Å². The van der Waals surface area contributed by atoms with Crippen molar-refractivity contribution in [2.75, 3.05) is 12.0 Å². The number of anilines is 1. The molecule has 0 unspecified atom stereocenters. The Morgan fingerprint density at radius 1 is 1.29 bits per heavy atom. The summed E-state index contributed by atoms with van der Waals surface area (Å²) >= 11 is 8.12. The van der Waals surface area contributed by atoms with Gasteiger partial charge in [0.15, 0.2) is 15.8 Å². The first-order valence-electron chi connectivity index (χ1n) is 7.63. The van der Waals surface area contributed by atoms with E-state index in [1.165, 1.54) is 19.2 Å². The van der Waals surface area contributed by atoms with Crippen LogP contribution in [0.3, 0.4) is 0 Å². The van der Waals surface area contributed by atoms with Crippen LogP contribution in [0.1, 0.15) is 11.1 Å². The topological polar surface area (TPSA) is 49.8 Å². The molecule has 0 aromatic heterocycles. The fourth-order valence-corrected chi connectivity index (χ4v) is 4.42. The zero-order valence-electron chi connectivity index (χ0n) is 14.1. The summed E-state index contributed by atoms with van der Waals surface area (Å²) < 4.78 is 44.7. The second-order valence-electron chi connectivity index (χ2n) is 5.62. The molecule has 0 aliphatic carbocycles. The van der Waals surface area contributed by atoms with Gasteiger partial charge in [-0.25, -0.2) is 0 Å². The molecule has 0 radical (unpaired) electrons. The van der Waals surface area contributed by atoms with E-state index in [2.05, 4.69) is 0 Å². The predicted octanol–water partition coefficient (Wildman–Crippen LogP) is 5.43. The van der Waals surface area contributed by atoms with Gasteiger partial charge in [-0.1, -0.05) is 30.0 Å². The van der Waals surface area contributed by atoms with E-state index in [-0.39, 0.29) is 26.4 Å². The number of phenols is 1. The number of benzene rings is 2. The minimum atomic E-state index is -4.52. The summed E-state index contributed by atoms with van der Waals surface area (Å²) in [5.41, 5.74) is -0.219. The SMILES string of the molecule is COc1cc(/C=C2\SC(=S)N(c3cccc(C(F)(F)F)c3)C2=O)cc(I)c1O. The molecule has 1 N–H and O–H groups in total. The molecule has 10 heteroatoms. The molecule has 1 amide bonds. The lowest BCUT2D eigenvalue weighted by Crippen LogP contribution is -2.27. The Bertz CT molecular complexity index is 1010. The van der Waals surface area contributed by atoms with Crippen molar-refractivity contribution < 1.29 is 27.8 Å². The number of thiocarbonyl (C=S) groups is 1. The molecule has 146 valence electrons. The molecule has 1 saturated heterocycles. The van der Waals surface area contributed by atoms with E-state index in [1.54, 1.807) is 18.2 Å². The average molecular weight is 537 g/mol. The van der Waals surface area contributed by atoms with E-state index in [0.29, 0.717) is 9.13 Å². The first-order chi connectivity index (χ1) is 13.1. The van der Waals surface area contributed by atoms with Crippen LogP contribution in [0, 0.1) is 3.57 Å². The monoisotopic (exact) mass is 537 g/mol. The first kappa shape index (κ1) is 20.9. The summed E-state index contributed by atoms with van der Waals surface area (Å²) in [6.45, 7) is 0. The van der Waals surface area contributed by atoms with Crippen molar-refractivity contribution in [2.24, 2.45) is 0 Å². The summed E-state index contributed by atoms with van der Waals surface area (Å²) in [5.74, 6) is -0.292. The average Bonchev–Trinajstić information content (AvgIpc) is 2.90. The molecule has 28 heavy (non-hydrogen) atoms. The highest BCUT2D eigenvalue weighted by Gasteiger charge is 2.36. The second-order valence-corrected chi connectivity index (χ2v) is 8.46. The van der Waals surface area contributed by atoms with Crippen molar-refractivity contribution >= 4 is 68.6 Å². The number of methoxy groups -OCH3 is 1. The van der Waals surface area contributed by atoms with Crippen LogP contribution in [0.2, 0.25) is 0 Å². The van der Waals surface area contributed by atoms with Gasteiger partial charge >= 0.3 is 6.18 Å². The number of phenolic OH excluding ortho intramolecular Hbond substituents is 1. The second kappa shape index (κ2) is 7.91. The Hall–Kier alpha value is -1.79. The molecule has 2 aromatic rings. The van der Waals surface area contributed by atoms with Gasteiger partial charge in [-0.15, -0.1) is 0 Å². The molecule has 4 nitrogen and oxygen atoms in total. The highest BCUT2D eigenvalue weighted by molar-refractivity contribution is 14.1. The molecule has 1 aliphatic heterocycles. The van der Waals surface area contributed by atoms with Gasteiger partial charge in [0.1, 0.15) is 0 Å². The number of hydrogen-bond donors (Lipinski definition) is 1. The molecule has 1 heterocycles. The standard InChI is InChI=1S/C18H11F3INO3S2/c1-26-13-6-9(5-12(22)15(13)24)7-14-16(25)23(17(27)28-14)11-4-2-3-10(8-11)18(19,20)21/h2-8,24H,1H3/b14-7-. The van der Waals surface area contributed by atoms with E-state index in [1.807, 2.05) is 22.6 Å². The number of aromatic hydroxyl groups is 1. The number of amides is 1. The van der Waals surface area contributed by atoms with Crippen LogP contribution >= 0.6 is 46.6 Å². The van der Waals surface area contributed by atoms with Gasteiger partial charge in [0.05, 0.1) is 26.8 Å². The highest BCUT2D eigenvalue weighted by atomic mass is 127. The van der Waals surface area contributed by atoms with Crippen molar-refractivity contribution in [1.29, 1.82) is 0 Å². The molecule has 2 aromatic carbocycles. The molecular weight excluding hydrogens is 526 g/mol. The quantitative estimate of drug-likeness (QED) is 0.322. The van der Waals surface area contributed by atoms with E-state index in [0.717, 1.165) is 28.8 Å². The highest BCUT2D eigenvalue weighted by Crippen LogP contribution is 2.39. The minimum absolute atomic E-state index is 0.0169. The maximum absolute atomic E-state index is 13.0. The fraction of sp³-hybridized carbons (Fsp3) is 0.111. The summed E-state index contributed by atoms with van der Waals surface area (Å²) in [7, 11) is 1.40. The Labute approximate surface area is 181 Å². The molecular formula is C18H11F3INO3S2. The number of alkyl halides is 3. The van der Waals surface area contributed by atoms with Gasteiger partial charge < -0.3 is 9.84 Å². The van der Waals surface area contributed by atoms with Crippen LogP contribution < -0.4 is 9.64 Å². The third-order valence-corrected chi connectivity index (χ3v) is 5.92. The first-order valence-corrected chi connectivity index (χ1v) is 9.94. The lowest BCUT2D eigenvalue weighted by atomic mass is 10.1. The normalized spacial score (nSPS) is 16.2. The molecule has 0 saturated carbocycles. The van der Waals surface area contributed by atoms with Crippen LogP contribution in [-0.2, 0) is 11.0 Å². The van der Waals surface area contributed by atoms with Gasteiger partial charge in [-0.05, 0) is 64.6 Å². The number of halogens is 4. The minimum Gasteiger partial charge on any atom is -0.504 e. The van der Waals surface area contributed by atoms with Crippen molar-refractivity contribution in [3.05, 3.63) is 56.0 Å². The van der Waals surface area contributed by atoms with Gasteiger partial charge in [-0.2, -0.15) is 13.2 Å². The van der Waals surface area contributed by atoms with Crippen LogP contribution in [0.4, 0.5) is 18.9 Å². The van der Waals surface area contributed by atoms with Crippen molar-refractivity contribution in [2.45, 2.75) is 6.18 Å². The van der Waals surface area contributed by atoms with E-state index in [4.69, 9.17) is 17.0 Å². The van der Waals surface area contributed by atoms with E-state index < -0.39 is 17.6 Å². The van der Waals surface area contributed by atoms with Gasteiger partial charge in [-0.3, -0.25) is 9.69 Å². The van der Waals surface area contributed by atoms with Crippen LogP contribution in [0.5, 0.6) is 11.5 Å². The fourth-order valence-electron chi connectivity index (χ4n) is 2.50. The van der Waals surface area contributed by atoms with Gasteiger partial charge in [0.25, 0.3) is 5.91 Å². The van der Waals surface area contributed by atoms with Crippen molar-refractivity contribution in [3.63, 3.8) is 0 Å². The molecule has 0 bridgehead atoms. The Morgan fingerprint density at radius 2 is 2.00 bits per heavy atom. The summed E-state index contributed by atoms with van der Waals surface area (Å²) in [4.78, 5) is 14.1. The molecule has 1 aliphatic rings. The Morgan fingerprint density at radius 3 is 2.64 bits per heavy atom. The molecule has 1 fully saturated rings. The maximum atomic E-state index is 13.0. The number of thioether (sulfide) groups is 1. The number of rotatable bonds is 3. The van der Waals surface area contributed by atoms with Crippen LogP contribution in [-0.4, -0.2) is 22.4 Å². The Balaban J connectivity index is 1.97. The predicted molar refractivity (Wildman–Crippen MR) is 114 cm³/mol. The van der Waals surface area contributed by atoms with E-state index >= 15 is 0 Å². The molecule has 0 spiro atoms. The summed E-state index contributed by atoms with van der Waals surface area (Å²) in [6, 6.07) is 7.65. The lowest BCUT2D eigenvalue weighted by molar-refractivity contribution is -0.137. The number of nitrogens with zero attached hydrogens (tertiary/aromatic N) is 1. The van der Waals surface area contributed by atoms with Gasteiger partial charge in [0.2, 0.25) is 0 Å².